The molecule has 1 aromatic rings. The quantitative estimate of drug-likeness (QED) is 0.752. The minimum Gasteiger partial charge on any atom is -0.309 e. The molecule has 1 aliphatic carbocycles. The summed E-state index contributed by atoms with van der Waals surface area (Å²) in [4.78, 5) is 0. The van der Waals surface area contributed by atoms with Gasteiger partial charge in [0.05, 0.1) is 0 Å². The molecule has 0 amide bonds. The molecule has 0 bridgehead atoms. The maximum Gasteiger partial charge on any atom is 0.0343 e. The van der Waals surface area contributed by atoms with Crippen LogP contribution in [0.25, 0.3) is 0 Å². The maximum atomic E-state index is 3.84. The highest BCUT2D eigenvalue weighted by molar-refractivity contribution is 5.19. The Morgan fingerprint density at radius 2 is 1.60 bits per heavy atom. The van der Waals surface area contributed by atoms with E-state index in [-0.39, 0.29) is 0 Å². The molecule has 0 saturated heterocycles. The third-order valence-electron chi connectivity index (χ3n) is 5.00. The Hall–Kier alpha value is -0.820. The zero-order valence-electron chi connectivity index (χ0n) is 13.4. The first-order valence-corrected chi connectivity index (χ1v) is 8.49. The van der Waals surface area contributed by atoms with E-state index in [2.05, 4.69) is 56.4 Å². The van der Waals surface area contributed by atoms with Crippen LogP contribution in [0.3, 0.4) is 0 Å². The highest BCUT2D eigenvalue weighted by Crippen LogP contribution is 2.31. The third kappa shape index (κ3) is 4.34. The average Bonchev–Trinajstić information content (AvgIpc) is 2.49. The SMILES string of the molecule is CCC1CCC(CNC(c2ccccc2)C(C)C)CC1. The summed E-state index contributed by atoms with van der Waals surface area (Å²) in [6.45, 7) is 8.17. The van der Waals surface area contributed by atoms with Gasteiger partial charge in [-0.15, -0.1) is 0 Å². The van der Waals surface area contributed by atoms with Crippen molar-refractivity contribution in [2.75, 3.05) is 6.54 Å². The Labute approximate surface area is 125 Å². The van der Waals surface area contributed by atoms with Gasteiger partial charge in [0.1, 0.15) is 0 Å². The Kier molecular flexibility index (Phi) is 6.09. The van der Waals surface area contributed by atoms with Gasteiger partial charge in [-0.2, -0.15) is 0 Å². The fraction of sp³-hybridized carbons (Fsp3) is 0.684. The minimum atomic E-state index is 0.500. The molecule has 0 radical (unpaired) electrons. The third-order valence-corrected chi connectivity index (χ3v) is 5.00. The van der Waals surface area contributed by atoms with Crippen LogP contribution in [0.1, 0.15) is 64.5 Å². The van der Waals surface area contributed by atoms with Crippen molar-refractivity contribution in [1.29, 1.82) is 0 Å². The van der Waals surface area contributed by atoms with E-state index < -0.39 is 0 Å². The van der Waals surface area contributed by atoms with Crippen LogP contribution in [0.5, 0.6) is 0 Å². The van der Waals surface area contributed by atoms with E-state index in [4.69, 9.17) is 0 Å². The van der Waals surface area contributed by atoms with Crippen LogP contribution in [0, 0.1) is 17.8 Å². The number of benzene rings is 1. The molecule has 1 fully saturated rings. The van der Waals surface area contributed by atoms with Gasteiger partial charge in [-0.3, -0.25) is 0 Å². The fourth-order valence-electron chi connectivity index (χ4n) is 3.54. The molecule has 0 spiro atoms. The number of hydrogen-bond donors (Lipinski definition) is 1. The predicted octanol–water partition coefficient (Wildman–Crippen LogP) is 5.19. The molecule has 20 heavy (non-hydrogen) atoms. The van der Waals surface area contributed by atoms with E-state index in [0.29, 0.717) is 12.0 Å². The molecule has 1 atom stereocenters. The molecule has 1 saturated carbocycles. The second-order valence-electron chi connectivity index (χ2n) is 6.84. The van der Waals surface area contributed by atoms with Gasteiger partial charge in [0.2, 0.25) is 0 Å². The van der Waals surface area contributed by atoms with E-state index >= 15 is 0 Å². The maximum absolute atomic E-state index is 3.84. The smallest absolute Gasteiger partial charge is 0.0343 e. The lowest BCUT2D eigenvalue weighted by molar-refractivity contribution is 0.249. The monoisotopic (exact) mass is 273 g/mol. The largest absolute Gasteiger partial charge is 0.309 e. The van der Waals surface area contributed by atoms with Gasteiger partial charge in [0.15, 0.2) is 0 Å². The minimum absolute atomic E-state index is 0.500. The zero-order chi connectivity index (χ0) is 14.4. The second kappa shape index (κ2) is 7.83. The molecular formula is C19H31N. The first-order valence-electron chi connectivity index (χ1n) is 8.49. The highest BCUT2D eigenvalue weighted by Gasteiger charge is 2.22. The van der Waals surface area contributed by atoms with Gasteiger partial charge >= 0.3 is 0 Å². The zero-order valence-corrected chi connectivity index (χ0v) is 13.4. The lowest BCUT2D eigenvalue weighted by Gasteiger charge is -2.31. The molecule has 0 aliphatic heterocycles. The highest BCUT2D eigenvalue weighted by atomic mass is 14.9. The van der Waals surface area contributed by atoms with Crippen molar-refractivity contribution in [1.82, 2.24) is 5.32 Å². The summed E-state index contributed by atoms with van der Waals surface area (Å²) in [5.41, 5.74) is 1.43. The van der Waals surface area contributed by atoms with Crippen molar-refractivity contribution in [3.63, 3.8) is 0 Å². The summed E-state index contributed by atoms with van der Waals surface area (Å²) in [6.07, 6.45) is 7.11. The van der Waals surface area contributed by atoms with Crippen molar-refractivity contribution in [2.24, 2.45) is 17.8 Å². The molecule has 1 nitrogen and oxygen atoms in total. The molecule has 1 heteroatoms. The summed E-state index contributed by atoms with van der Waals surface area (Å²) < 4.78 is 0. The van der Waals surface area contributed by atoms with E-state index in [1.165, 1.54) is 44.2 Å². The number of hydrogen-bond acceptors (Lipinski definition) is 1. The molecule has 1 unspecified atom stereocenters. The Balaban J connectivity index is 1.84. The van der Waals surface area contributed by atoms with Crippen molar-refractivity contribution in [3.8, 4) is 0 Å². The van der Waals surface area contributed by atoms with Gasteiger partial charge < -0.3 is 5.32 Å². The summed E-state index contributed by atoms with van der Waals surface area (Å²) in [7, 11) is 0. The summed E-state index contributed by atoms with van der Waals surface area (Å²) >= 11 is 0. The van der Waals surface area contributed by atoms with Gasteiger partial charge in [-0.25, -0.2) is 0 Å². The molecular weight excluding hydrogens is 242 g/mol. The van der Waals surface area contributed by atoms with Crippen LogP contribution in [0.4, 0.5) is 0 Å². The van der Waals surface area contributed by atoms with Crippen LogP contribution in [0.2, 0.25) is 0 Å². The van der Waals surface area contributed by atoms with E-state index in [1.54, 1.807) is 0 Å². The van der Waals surface area contributed by atoms with Crippen molar-refractivity contribution >= 4 is 0 Å². The van der Waals surface area contributed by atoms with Crippen LogP contribution in [-0.4, -0.2) is 6.54 Å². The number of nitrogens with one attached hydrogen (secondary N) is 1. The summed E-state index contributed by atoms with van der Waals surface area (Å²) in [5, 5.41) is 3.84. The normalized spacial score (nSPS) is 24.8. The van der Waals surface area contributed by atoms with Crippen molar-refractivity contribution < 1.29 is 0 Å². The molecule has 0 aromatic heterocycles. The molecule has 0 heterocycles. The lowest BCUT2D eigenvalue weighted by Crippen LogP contribution is -2.32. The van der Waals surface area contributed by atoms with Crippen LogP contribution in [0.15, 0.2) is 30.3 Å². The van der Waals surface area contributed by atoms with E-state index in [1.807, 2.05) is 0 Å². The van der Waals surface area contributed by atoms with Crippen LogP contribution >= 0.6 is 0 Å². The Morgan fingerprint density at radius 1 is 1.00 bits per heavy atom. The lowest BCUT2D eigenvalue weighted by atomic mass is 9.80. The first kappa shape index (κ1) is 15.6. The molecule has 112 valence electrons. The summed E-state index contributed by atoms with van der Waals surface area (Å²) in [6, 6.07) is 11.4. The van der Waals surface area contributed by atoms with E-state index in [9.17, 15) is 0 Å². The molecule has 1 aliphatic rings. The molecule has 1 N–H and O–H groups in total. The standard InChI is InChI=1S/C19H31N/c1-4-16-10-12-17(13-11-16)14-20-19(15(2)3)18-8-6-5-7-9-18/h5-9,15-17,19-20H,4,10-14H2,1-3H3. The number of rotatable bonds is 6. The molecule has 1 aromatic carbocycles. The average molecular weight is 273 g/mol. The topological polar surface area (TPSA) is 12.0 Å². The molecule has 2 rings (SSSR count). The van der Waals surface area contributed by atoms with Crippen LogP contribution < -0.4 is 5.32 Å². The van der Waals surface area contributed by atoms with Crippen molar-refractivity contribution in [3.05, 3.63) is 35.9 Å². The second-order valence-corrected chi connectivity index (χ2v) is 6.84. The van der Waals surface area contributed by atoms with Gasteiger partial charge in [0.25, 0.3) is 0 Å². The van der Waals surface area contributed by atoms with Gasteiger partial charge in [-0.1, -0.05) is 70.4 Å². The summed E-state index contributed by atoms with van der Waals surface area (Å²) in [5.74, 6) is 2.54. The van der Waals surface area contributed by atoms with Crippen molar-refractivity contribution in [2.45, 2.75) is 58.9 Å². The Bertz CT molecular complexity index is 363. The van der Waals surface area contributed by atoms with Gasteiger partial charge in [0, 0.05) is 6.04 Å². The Morgan fingerprint density at radius 3 is 2.15 bits per heavy atom. The fourth-order valence-corrected chi connectivity index (χ4v) is 3.54. The van der Waals surface area contributed by atoms with E-state index in [0.717, 1.165) is 11.8 Å². The first-order chi connectivity index (χ1) is 9.70. The predicted molar refractivity (Wildman–Crippen MR) is 87.8 cm³/mol. The van der Waals surface area contributed by atoms with Gasteiger partial charge in [-0.05, 0) is 42.7 Å². The van der Waals surface area contributed by atoms with Crippen LogP contribution in [-0.2, 0) is 0 Å².